The Hall–Kier alpha value is -1.08. The van der Waals surface area contributed by atoms with E-state index >= 15 is 0 Å². The number of hydrogen-bond acceptors (Lipinski definition) is 3. The van der Waals surface area contributed by atoms with Gasteiger partial charge in [0.05, 0.1) is 12.2 Å². The fourth-order valence-corrected chi connectivity index (χ4v) is 2.13. The van der Waals surface area contributed by atoms with Gasteiger partial charge in [-0.3, -0.25) is 4.79 Å². The highest BCUT2D eigenvalue weighted by atomic mass is 16.3. The third-order valence-electron chi connectivity index (χ3n) is 3.16. The van der Waals surface area contributed by atoms with Crippen LogP contribution in [0.1, 0.15) is 45.4 Å². The van der Waals surface area contributed by atoms with Crippen molar-refractivity contribution in [1.82, 2.24) is 5.32 Å². The number of aliphatic hydroxyl groups is 1. The molecule has 0 heterocycles. The van der Waals surface area contributed by atoms with Crippen LogP contribution in [0.15, 0.2) is 0 Å². The molecule has 1 aliphatic rings. The van der Waals surface area contributed by atoms with Crippen LogP contribution < -0.4 is 5.32 Å². The summed E-state index contributed by atoms with van der Waals surface area (Å²) in [5.41, 5.74) is -0.856. The molecule has 0 spiro atoms. The van der Waals surface area contributed by atoms with Crippen molar-refractivity contribution in [2.45, 2.75) is 51.6 Å². The van der Waals surface area contributed by atoms with Gasteiger partial charge in [-0.2, -0.15) is 5.26 Å². The Labute approximate surface area is 96.6 Å². The number of nitrogens with zero attached hydrogens (tertiary/aromatic N) is 1. The highest BCUT2D eigenvalue weighted by Gasteiger charge is 2.38. The molecule has 1 fully saturated rings. The van der Waals surface area contributed by atoms with Gasteiger partial charge in [0, 0.05) is 6.54 Å². The molecule has 16 heavy (non-hydrogen) atoms. The second-order valence-electron chi connectivity index (χ2n) is 4.67. The van der Waals surface area contributed by atoms with E-state index in [1.54, 1.807) is 6.92 Å². The van der Waals surface area contributed by atoms with Gasteiger partial charge in [0.2, 0.25) is 5.91 Å². The summed E-state index contributed by atoms with van der Waals surface area (Å²) in [6.45, 7) is 1.84. The molecule has 4 nitrogen and oxygen atoms in total. The quantitative estimate of drug-likeness (QED) is 0.711. The lowest BCUT2D eigenvalue weighted by Crippen LogP contribution is -2.42. The van der Waals surface area contributed by atoms with E-state index in [1.165, 1.54) is 0 Å². The Bertz CT molecular complexity index is 273. The fraction of sp³-hybridized carbons (Fsp3) is 0.833. The summed E-state index contributed by atoms with van der Waals surface area (Å²) in [6.07, 6.45) is 4.82. The van der Waals surface area contributed by atoms with Gasteiger partial charge in [0.25, 0.3) is 0 Å². The monoisotopic (exact) mass is 224 g/mol. The first kappa shape index (κ1) is 13.0. The van der Waals surface area contributed by atoms with E-state index in [0.717, 1.165) is 25.7 Å². The molecule has 0 unspecified atom stereocenters. The van der Waals surface area contributed by atoms with Gasteiger partial charge in [0.15, 0.2) is 0 Å². The number of rotatable bonds is 3. The van der Waals surface area contributed by atoms with Crippen molar-refractivity contribution >= 4 is 5.91 Å². The van der Waals surface area contributed by atoms with Gasteiger partial charge in [-0.05, 0) is 19.8 Å². The van der Waals surface area contributed by atoms with Crippen LogP contribution in [0.3, 0.4) is 0 Å². The maximum absolute atomic E-state index is 12.0. The lowest BCUT2D eigenvalue weighted by Gasteiger charge is -2.23. The van der Waals surface area contributed by atoms with E-state index in [2.05, 4.69) is 11.4 Å². The molecular formula is C12H20N2O2. The summed E-state index contributed by atoms with van der Waals surface area (Å²) in [7, 11) is 0. The van der Waals surface area contributed by atoms with Gasteiger partial charge in [-0.1, -0.05) is 25.7 Å². The van der Waals surface area contributed by atoms with Crippen molar-refractivity contribution in [1.29, 1.82) is 5.26 Å². The third-order valence-corrected chi connectivity index (χ3v) is 3.16. The molecule has 0 saturated heterocycles. The number of carbonyl (C=O) groups excluding carboxylic acids is 1. The minimum atomic E-state index is -0.856. The van der Waals surface area contributed by atoms with Crippen molar-refractivity contribution in [2.75, 3.05) is 6.54 Å². The van der Waals surface area contributed by atoms with Crippen LogP contribution >= 0.6 is 0 Å². The predicted molar refractivity (Wildman–Crippen MR) is 60.4 cm³/mol. The molecule has 0 aliphatic heterocycles. The van der Waals surface area contributed by atoms with Crippen LogP contribution in [-0.2, 0) is 4.79 Å². The molecule has 1 atom stereocenters. The molecular weight excluding hydrogens is 204 g/mol. The van der Waals surface area contributed by atoms with E-state index in [1.807, 2.05) is 0 Å². The molecule has 1 amide bonds. The first-order valence-electron chi connectivity index (χ1n) is 5.98. The lowest BCUT2D eigenvalue weighted by molar-refractivity contribution is -0.129. The highest BCUT2D eigenvalue weighted by molar-refractivity contribution is 5.85. The van der Waals surface area contributed by atoms with Crippen LogP contribution in [-0.4, -0.2) is 23.7 Å². The molecule has 1 saturated carbocycles. The fourth-order valence-electron chi connectivity index (χ4n) is 2.13. The van der Waals surface area contributed by atoms with Crippen LogP contribution in [0.5, 0.6) is 0 Å². The van der Waals surface area contributed by atoms with Gasteiger partial charge in [-0.25, -0.2) is 0 Å². The molecule has 0 bridgehead atoms. The molecule has 0 radical (unpaired) electrons. The maximum atomic E-state index is 12.0. The number of amides is 1. The minimum absolute atomic E-state index is 0.210. The Balaban J connectivity index is 2.63. The second kappa shape index (κ2) is 5.86. The molecule has 0 aromatic rings. The minimum Gasteiger partial charge on any atom is -0.392 e. The van der Waals surface area contributed by atoms with Crippen molar-refractivity contribution < 1.29 is 9.90 Å². The van der Waals surface area contributed by atoms with E-state index < -0.39 is 11.5 Å². The summed E-state index contributed by atoms with van der Waals surface area (Å²) >= 11 is 0. The standard InChI is InChI=1S/C12H20N2O2/c1-10(15)8-14-11(16)12(9-13)6-4-2-3-5-7-12/h10,15H,2-8H2,1H3,(H,14,16)/t10-/m0/s1. The number of hydrogen-bond donors (Lipinski definition) is 2. The smallest absolute Gasteiger partial charge is 0.240 e. The topological polar surface area (TPSA) is 73.1 Å². The zero-order valence-electron chi connectivity index (χ0n) is 9.83. The first-order chi connectivity index (χ1) is 7.60. The molecule has 90 valence electrons. The largest absolute Gasteiger partial charge is 0.392 e. The van der Waals surface area contributed by atoms with E-state index in [0.29, 0.717) is 12.8 Å². The van der Waals surface area contributed by atoms with Gasteiger partial charge in [0.1, 0.15) is 5.41 Å². The molecule has 4 heteroatoms. The Morgan fingerprint density at radius 3 is 2.44 bits per heavy atom. The Kier molecular flexibility index (Phi) is 4.75. The average Bonchev–Trinajstić information content (AvgIpc) is 2.51. The van der Waals surface area contributed by atoms with E-state index in [9.17, 15) is 10.1 Å². The first-order valence-corrected chi connectivity index (χ1v) is 5.98. The molecule has 0 aromatic carbocycles. The van der Waals surface area contributed by atoms with Crippen LogP contribution in [0.2, 0.25) is 0 Å². The van der Waals surface area contributed by atoms with E-state index in [-0.39, 0.29) is 12.5 Å². The van der Waals surface area contributed by atoms with Crippen LogP contribution in [0.25, 0.3) is 0 Å². The average molecular weight is 224 g/mol. The van der Waals surface area contributed by atoms with Gasteiger partial charge < -0.3 is 10.4 Å². The summed E-state index contributed by atoms with van der Waals surface area (Å²) in [6, 6.07) is 2.19. The van der Waals surface area contributed by atoms with Crippen molar-refractivity contribution in [3.8, 4) is 6.07 Å². The van der Waals surface area contributed by atoms with Crippen molar-refractivity contribution in [2.24, 2.45) is 5.41 Å². The zero-order chi connectivity index (χ0) is 12.0. The molecule has 2 N–H and O–H groups in total. The lowest BCUT2D eigenvalue weighted by atomic mass is 9.81. The number of nitrogens with one attached hydrogen (secondary N) is 1. The number of nitriles is 1. The van der Waals surface area contributed by atoms with Crippen molar-refractivity contribution in [3.05, 3.63) is 0 Å². The number of aliphatic hydroxyl groups excluding tert-OH is 1. The zero-order valence-corrected chi connectivity index (χ0v) is 9.83. The molecule has 1 rings (SSSR count). The molecule has 0 aromatic heterocycles. The van der Waals surface area contributed by atoms with Gasteiger partial charge in [-0.15, -0.1) is 0 Å². The second-order valence-corrected chi connectivity index (χ2v) is 4.67. The Morgan fingerprint density at radius 1 is 1.44 bits per heavy atom. The summed E-state index contributed by atoms with van der Waals surface area (Å²) < 4.78 is 0. The van der Waals surface area contributed by atoms with Crippen LogP contribution in [0.4, 0.5) is 0 Å². The van der Waals surface area contributed by atoms with Crippen molar-refractivity contribution in [3.63, 3.8) is 0 Å². The highest BCUT2D eigenvalue weighted by Crippen LogP contribution is 2.34. The summed E-state index contributed by atoms with van der Waals surface area (Å²) in [5.74, 6) is -0.210. The summed E-state index contributed by atoms with van der Waals surface area (Å²) in [5, 5.41) is 21.0. The normalized spacial score (nSPS) is 21.6. The SMILES string of the molecule is C[C@H](O)CNC(=O)C1(C#N)CCCCCC1. The maximum Gasteiger partial charge on any atom is 0.240 e. The number of carbonyl (C=O) groups is 1. The third kappa shape index (κ3) is 3.21. The molecule has 1 aliphatic carbocycles. The van der Waals surface area contributed by atoms with Crippen LogP contribution in [0, 0.1) is 16.7 Å². The Morgan fingerprint density at radius 2 is 2.00 bits per heavy atom. The van der Waals surface area contributed by atoms with E-state index in [4.69, 9.17) is 5.11 Å². The predicted octanol–water partition coefficient (Wildman–Crippen LogP) is 1.35. The summed E-state index contributed by atoms with van der Waals surface area (Å²) in [4.78, 5) is 12.0. The van der Waals surface area contributed by atoms with Gasteiger partial charge >= 0.3 is 0 Å².